The monoisotopic (exact) mass is 231 g/mol. The fourth-order valence-corrected chi connectivity index (χ4v) is 2.05. The molecule has 0 saturated heterocycles. The molecular formula is C13H17N3O. The fraction of sp³-hybridized carbons (Fsp3) is 0.462. The van der Waals surface area contributed by atoms with E-state index in [2.05, 4.69) is 22.4 Å². The van der Waals surface area contributed by atoms with Gasteiger partial charge < -0.3 is 0 Å². The van der Waals surface area contributed by atoms with E-state index in [0.717, 1.165) is 18.6 Å². The molecule has 0 radical (unpaired) electrons. The van der Waals surface area contributed by atoms with E-state index in [-0.39, 0.29) is 5.91 Å². The number of hydrogen-bond acceptors (Lipinski definition) is 3. The number of aromatic nitrogens is 1. The number of hydrogen-bond donors (Lipinski definition) is 1. The first-order valence-corrected chi connectivity index (χ1v) is 6.01. The van der Waals surface area contributed by atoms with Crippen LogP contribution in [0.3, 0.4) is 0 Å². The predicted molar refractivity (Wildman–Crippen MR) is 66.8 cm³/mol. The molecule has 1 aromatic heterocycles. The summed E-state index contributed by atoms with van der Waals surface area (Å²) in [7, 11) is 0. The third-order valence-electron chi connectivity index (χ3n) is 2.99. The van der Waals surface area contributed by atoms with Crippen LogP contribution in [0.4, 0.5) is 0 Å². The van der Waals surface area contributed by atoms with Crippen LogP contribution in [0.2, 0.25) is 0 Å². The van der Waals surface area contributed by atoms with E-state index in [1.807, 2.05) is 0 Å². The number of nitrogens with one attached hydrogen (secondary N) is 1. The average Bonchev–Trinajstić information content (AvgIpc) is 2.37. The Balaban J connectivity index is 1.93. The first-order chi connectivity index (χ1) is 8.25. The lowest BCUT2D eigenvalue weighted by Gasteiger charge is -2.18. The van der Waals surface area contributed by atoms with Crippen LogP contribution in [0.1, 0.15) is 43.0 Å². The Labute approximate surface area is 101 Å². The molecule has 1 saturated carbocycles. The summed E-state index contributed by atoms with van der Waals surface area (Å²) in [6.45, 7) is 2.22. The smallest absolute Gasteiger partial charge is 0.267 e. The minimum absolute atomic E-state index is 0.191. The van der Waals surface area contributed by atoms with Crippen LogP contribution in [0.5, 0.6) is 0 Å². The summed E-state index contributed by atoms with van der Waals surface area (Å²) in [6.07, 6.45) is 7.60. The van der Waals surface area contributed by atoms with Gasteiger partial charge in [0.15, 0.2) is 0 Å². The van der Waals surface area contributed by atoms with Gasteiger partial charge in [0.2, 0.25) is 0 Å². The Morgan fingerprint density at radius 3 is 3.18 bits per heavy atom. The van der Waals surface area contributed by atoms with E-state index in [9.17, 15) is 4.79 Å². The highest BCUT2D eigenvalue weighted by Crippen LogP contribution is 2.20. The maximum Gasteiger partial charge on any atom is 0.272 e. The Bertz CT molecular complexity index is 414. The van der Waals surface area contributed by atoms with E-state index in [4.69, 9.17) is 0 Å². The van der Waals surface area contributed by atoms with Crippen LogP contribution in [-0.2, 0) is 0 Å². The van der Waals surface area contributed by atoms with Crippen LogP contribution >= 0.6 is 0 Å². The van der Waals surface area contributed by atoms with Crippen molar-refractivity contribution in [1.29, 1.82) is 0 Å². The zero-order valence-corrected chi connectivity index (χ0v) is 10.0. The van der Waals surface area contributed by atoms with Gasteiger partial charge in [0.25, 0.3) is 5.91 Å². The summed E-state index contributed by atoms with van der Waals surface area (Å²) in [5.41, 5.74) is 4.24. The molecular weight excluding hydrogens is 214 g/mol. The molecule has 2 rings (SSSR count). The van der Waals surface area contributed by atoms with E-state index in [1.54, 1.807) is 24.5 Å². The van der Waals surface area contributed by atoms with E-state index < -0.39 is 0 Å². The second-order valence-corrected chi connectivity index (χ2v) is 4.56. The number of carbonyl (C=O) groups is 1. The van der Waals surface area contributed by atoms with Gasteiger partial charge in [-0.3, -0.25) is 9.78 Å². The van der Waals surface area contributed by atoms with Gasteiger partial charge in [0, 0.05) is 18.1 Å². The Kier molecular flexibility index (Phi) is 3.85. The van der Waals surface area contributed by atoms with E-state index >= 15 is 0 Å². The van der Waals surface area contributed by atoms with Crippen molar-refractivity contribution in [2.45, 2.75) is 32.6 Å². The standard InChI is InChI=1S/C13H17N3O/c1-10-4-2-6-12(8-10)15-16-13(17)11-5-3-7-14-9-11/h3,5,7,9-10H,2,4,6,8H2,1H3,(H,16,17)/b15-12+. The van der Waals surface area contributed by atoms with Crippen LogP contribution < -0.4 is 5.43 Å². The van der Waals surface area contributed by atoms with Crippen molar-refractivity contribution in [3.05, 3.63) is 30.1 Å². The summed E-state index contributed by atoms with van der Waals surface area (Å²) in [5.74, 6) is 0.488. The quantitative estimate of drug-likeness (QED) is 0.794. The molecule has 0 spiro atoms. The molecule has 1 aliphatic rings. The lowest BCUT2D eigenvalue weighted by molar-refractivity contribution is 0.0954. The summed E-state index contributed by atoms with van der Waals surface area (Å²) in [5, 5.41) is 4.20. The Morgan fingerprint density at radius 2 is 2.47 bits per heavy atom. The third kappa shape index (κ3) is 3.37. The molecule has 90 valence electrons. The summed E-state index contributed by atoms with van der Waals surface area (Å²) < 4.78 is 0. The van der Waals surface area contributed by atoms with Gasteiger partial charge in [-0.15, -0.1) is 0 Å². The zero-order chi connectivity index (χ0) is 12.1. The zero-order valence-electron chi connectivity index (χ0n) is 10.0. The van der Waals surface area contributed by atoms with E-state index in [1.165, 1.54) is 12.8 Å². The lowest BCUT2D eigenvalue weighted by atomic mass is 9.89. The highest BCUT2D eigenvalue weighted by Gasteiger charge is 2.14. The molecule has 0 aromatic carbocycles. The van der Waals surface area contributed by atoms with Gasteiger partial charge in [-0.05, 0) is 43.7 Å². The van der Waals surface area contributed by atoms with Crippen molar-refractivity contribution in [3.63, 3.8) is 0 Å². The molecule has 0 aliphatic heterocycles. The maximum absolute atomic E-state index is 11.7. The largest absolute Gasteiger partial charge is 0.272 e. The van der Waals surface area contributed by atoms with Gasteiger partial charge in [-0.2, -0.15) is 5.10 Å². The minimum Gasteiger partial charge on any atom is -0.267 e. The van der Waals surface area contributed by atoms with Crippen molar-refractivity contribution in [1.82, 2.24) is 10.4 Å². The maximum atomic E-state index is 11.7. The molecule has 1 N–H and O–H groups in total. The van der Waals surface area contributed by atoms with Crippen molar-refractivity contribution in [2.24, 2.45) is 11.0 Å². The number of amides is 1. The van der Waals surface area contributed by atoms with Crippen molar-refractivity contribution in [3.8, 4) is 0 Å². The van der Waals surface area contributed by atoms with Gasteiger partial charge in [0.1, 0.15) is 0 Å². The molecule has 1 aliphatic carbocycles. The van der Waals surface area contributed by atoms with Crippen molar-refractivity contribution in [2.75, 3.05) is 0 Å². The molecule has 1 unspecified atom stereocenters. The molecule has 1 heterocycles. The molecule has 17 heavy (non-hydrogen) atoms. The molecule has 0 bridgehead atoms. The van der Waals surface area contributed by atoms with E-state index in [0.29, 0.717) is 11.5 Å². The molecule has 1 aromatic rings. The number of nitrogens with zero attached hydrogens (tertiary/aromatic N) is 2. The summed E-state index contributed by atoms with van der Waals surface area (Å²) in [6, 6.07) is 3.47. The molecule has 1 fully saturated rings. The van der Waals surface area contributed by atoms with Gasteiger partial charge in [-0.1, -0.05) is 6.92 Å². The van der Waals surface area contributed by atoms with Crippen LogP contribution in [0.25, 0.3) is 0 Å². The number of hydrazone groups is 1. The van der Waals surface area contributed by atoms with Crippen LogP contribution in [0.15, 0.2) is 29.6 Å². The van der Waals surface area contributed by atoms with Crippen molar-refractivity contribution >= 4 is 11.6 Å². The second-order valence-electron chi connectivity index (χ2n) is 4.56. The normalized spacial score (nSPS) is 22.4. The van der Waals surface area contributed by atoms with Crippen LogP contribution in [-0.4, -0.2) is 16.6 Å². The highest BCUT2D eigenvalue weighted by atomic mass is 16.2. The summed E-state index contributed by atoms with van der Waals surface area (Å²) in [4.78, 5) is 15.6. The first kappa shape index (κ1) is 11.8. The molecule has 1 atom stereocenters. The van der Waals surface area contributed by atoms with Crippen LogP contribution in [0, 0.1) is 5.92 Å². The third-order valence-corrected chi connectivity index (χ3v) is 2.99. The predicted octanol–water partition coefficient (Wildman–Crippen LogP) is 2.38. The lowest BCUT2D eigenvalue weighted by Crippen LogP contribution is -2.22. The molecule has 1 amide bonds. The molecule has 4 nitrogen and oxygen atoms in total. The van der Waals surface area contributed by atoms with Gasteiger partial charge >= 0.3 is 0 Å². The SMILES string of the molecule is CC1CCC/C(=N\NC(=O)c2cccnc2)C1. The Hall–Kier alpha value is -1.71. The number of rotatable bonds is 2. The van der Waals surface area contributed by atoms with Gasteiger partial charge in [-0.25, -0.2) is 5.43 Å². The molecule has 4 heteroatoms. The first-order valence-electron chi connectivity index (χ1n) is 6.01. The average molecular weight is 231 g/mol. The van der Waals surface area contributed by atoms with Crippen molar-refractivity contribution < 1.29 is 4.79 Å². The topological polar surface area (TPSA) is 54.4 Å². The van der Waals surface area contributed by atoms with Gasteiger partial charge in [0.05, 0.1) is 5.56 Å². The second kappa shape index (κ2) is 5.57. The Morgan fingerprint density at radius 1 is 1.59 bits per heavy atom. The number of pyridine rings is 1. The highest BCUT2D eigenvalue weighted by molar-refractivity contribution is 5.95. The minimum atomic E-state index is -0.191. The summed E-state index contributed by atoms with van der Waals surface area (Å²) >= 11 is 0. The fourth-order valence-electron chi connectivity index (χ4n) is 2.05. The number of carbonyl (C=O) groups excluding carboxylic acids is 1.